The Balaban J connectivity index is 1.97. The molecule has 0 radical (unpaired) electrons. The van der Waals surface area contributed by atoms with Gasteiger partial charge in [-0.1, -0.05) is 12.1 Å². The Labute approximate surface area is 150 Å². The SMILES string of the molecule is Cc1ccc(C)c(OCC(=O)NN=Cc2cc([N+](=O)[O-])ccc2O)c1C. The Morgan fingerprint density at radius 3 is 2.65 bits per heavy atom. The number of hydrogen-bond acceptors (Lipinski definition) is 6. The van der Waals surface area contributed by atoms with Crippen molar-refractivity contribution >= 4 is 17.8 Å². The Morgan fingerprint density at radius 1 is 1.27 bits per heavy atom. The monoisotopic (exact) mass is 357 g/mol. The van der Waals surface area contributed by atoms with E-state index in [0.29, 0.717) is 5.75 Å². The number of hydrazone groups is 1. The number of phenols is 1. The van der Waals surface area contributed by atoms with Crippen LogP contribution in [0.3, 0.4) is 0 Å². The van der Waals surface area contributed by atoms with Gasteiger partial charge in [0.15, 0.2) is 6.61 Å². The number of phenolic OH excluding ortho intramolecular Hbond substituents is 1. The lowest BCUT2D eigenvalue weighted by atomic mass is 10.1. The molecule has 0 heterocycles. The van der Waals surface area contributed by atoms with Crippen LogP contribution in [0.1, 0.15) is 22.3 Å². The van der Waals surface area contributed by atoms with E-state index >= 15 is 0 Å². The number of nitro benzene ring substituents is 1. The van der Waals surface area contributed by atoms with E-state index in [2.05, 4.69) is 10.5 Å². The van der Waals surface area contributed by atoms with Gasteiger partial charge in [-0.3, -0.25) is 14.9 Å². The van der Waals surface area contributed by atoms with Gasteiger partial charge in [-0.2, -0.15) is 5.10 Å². The van der Waals surface area contributed by atoms with Gasteiger partial charge >= 0.3 is 0 Å². The molecule has 2 N–H and O–H groups in total. The average Bonchev–Trinajstić information content (AvgIpc) is 2.59. The third-order valence-electron chi connectivity index (χ3n) is 3.84. The lowest BCUT2D eigenvalue weighted by Crippen LogP contribution is -2.25. The third-order valence-corrected chi connectivity index (χ3v) is 3.84. The highest BCUT2D eigenvalue weighted by Crippen LogP contribution is 2.25. The molecule has 0 unspecified atom stereocenters. The molecule has 136 valence electrons. The normalized spacial score (nSPS) is 10.7. The number of aryl methyl sites for hydroxylation is 2. The zero-order chi connectivity index (χ0) is 19.3. The van der Waals surface area contributed by atoms with E-state index in [9.17, 15) is 20.0 Å². The summed E-state index contributed by atoms with van der Waals surface area (Å²) >= 11 is 0. The zero-order valence-corrected chi connectivity index (χ0v) is 14.6. The topological polar surface area (TPSA) is 114 Å². The Bertz CT molecular complexity index is 877. The highest BCUT2D eigenvalue weighted by Gasteiger charge is 2.10. The van der Waals surface area contributed by atoms with Crippen molar-refractivity contribution < 1.29 is 19.6 Å². The van der Waals surface area contributed by atoms with E-state index in [1.54, 1.807) is 0 Å². The summed E-state index contributed by atoms with van der Waals surface area (Å²) < 4.78 is 5.56. The van der Waals surface area contributed by atoms with E-state index < -0.39 is 10.8 Å². The highest BCUT2D eigenvalue weighted by molar-refractivity contribution is 5.86. The van der Waals surface area contributed by atoms with E-state index in [0.717, 1.165) is 29.0 Å². The molecule has 0 aliphatic rings. The van der Waals surface area contributed by atoms with E-state index in [1.807, 2.05) is 32.9 Å². The summed E-state index contributed by atoms with van der Waals surface area (Å²) in [7, 11) is 0. The highest BCUT2D eigenvalue weighted by atomic mass is 16.6. The van der Waals surface area contributed by atoms with Crippen LogP contribution in [0.15, 0.2) is 35.4 Å². The van der Waals surface area contributed by atoms with Gasteiger partial charge in [0.25, 0.3) is 11.6 Å². The van der Waals surface area contributed by atoms with E-state index in [4.69, 9.17) is 4.74 Å². The largest absolute Gasteiger partial charge is 0.507 e. The quantitative estimate of drug-likeness (QED) is 0.469. The van der Waals surface area contributed by atoms with Gasteiger partial charge in [0.05, 0.1) is 11.1 Å². The predicted molar refractivity (Wildman–Crippen MR) is 96.6 cm³/mol. The molecule has 0 fully saturated rings. The molecular formula is C18H19N3O5. The number of hydrogen-bond donors (Lipinski definition) is 2. The van der Waals surface area contributed by atoms with Gasteiger partial charge in [-0.25, -0.2) is 5.43 Å². The third kappa shape index (κ3) is 4.56. The Morgan fingerprint density at radius 2 is 1.96 bits per heavy atom. The second-order valence-corrected chi connectivity index (χ2v) is 5.74. The molecule has 0 saturated heterocycles. The first-order valence-electron chi connectivity index (χ1n) is 7.78. The summed E-state index contributed by atoms with van der Waals surface area (Å²) in [6.07, 6.45) is 1.13. The molecule has 8 heteroatoms. The van der Waals surface area contributed by atoms with Crippen LogP contribution < -0.4 is 10.2 Å². The van der Waals surface area contributed by atoms with Crippen LogP contribution in [0.2, 0.25) is 0 Å². The van der Waals surface area contributed by atoms with Crippen LogP contribution in [0, 0.1) is 30.9 Å². The van der Waals surface area contributed by atoms with Crippen molar-refractivity contribution in [1.82, 2.24) is 5.43 Å². The first kappa shape index (κ1) is 18.9. The van der Waals surface area contributed by atoms with Gasteiger partial charge in [0.1, 0.15) is 11.5 Å². The van der Waals surface area contributed by atoms with Crippen molar-refractivity contribution in [2.75, 3.05) is 6.61 Å². The lowest BCUT2D eigenvalue weighted by molar-refractivity contribution is -0.384. The number of benzene rings is 2. The number of non-ortho nitro benzene ring substituents is 1. The number of nitro groups is 1. The number of carbonyl (C=O) groups excluding carboxylic acids is 1. The number of aromatic hydroxyl groups is 1. The summed E-state index contributed by atoms with van der Waals surface area (Å²) in [5, 5.41) is 24.1. The molecule has 0 bridgehead atoms. The minimum atomic E-state index is -0.588. The number of nitrogens with zero attached hydrogens (tertiary/aromatic N) is 2. The Kier molecular flexibility index (Phi) is 5.90. The predicted octanol–water partition coefficient (Wildman–Crippen LogP) is 2.75. The standard InChI is InChI=1S/C18H19N3O5/c1-11-4-5-12(2)18(13(11)3)26-10-17(23)20-19-9-14-8-15(21(24)25)6-7-16(14)22/h4-9,22H,10H2,1-3H3,(H,20,23). The van der Waals surface area contributed by atoms with Gasteiger partial charge < -0.3 is 9.84 Å². The molecular weight excluding hydrogens is 338 g/mol. The lowest BCUT2D eigenvalue weighted by Gasteiger charge is -2.13. The second-order valence-electron chi connectivity index (χ2n) is 5.74. The number of carbonyl (C=O) groups is 1. The van der Waals surface area contributed by atoms with Crippen LogP contribution in [-0.4, -0.2) is 28.8 Å². The number of ether oxygens (including phenoxy) is 1. The first-order valence-corrected chi connectivity index (χ1v) is 7.78. The summed E-state index contributed by atoms with van der Waals surface area (Å²) in [6, 6.07) is 7.41. The van der Waals surface area contributed by atoms with Gasteiger partial charge in [-0.05, 0) is 43.5 Å². The fourth-order valence-electron chi connectivity index (χ4n) is 2.25. The van der Waals surface area contributed by atoms with Crippen molar-refractivity contribution in [3.8, 4) is 11.5 Å². The van der Waals surface area contributed by atoms with Crippen LogP contribution in [0.4, 0.5) is 5.69 Å². The van der Waals surface area contributed by atoms with Crippen molar-refractivity contribution in [3.05, 3.63) is 62.7 Å². The average molecular weight is 357 g/mol. The number of amides is 1. The van der Waals surface area contributed by atoms with E-state index in [1.165, 1.54) is 12.1 Å². The molecule has 0 atom stereocenters. The minimum absolute atomic E-state index is 0.116. The smallest absolute Gasteiger partial charge is 0.277 e. The summed E-state index contributed by atoms with van der Waals surface area (Å²) in [6.45, 7) is 5.53. The fraction of sp³-hybridized carbons (Fsp3) is 0.222. The van der Waals surface area contributed by atoms with Crippen molar-refractivity contribution in [3.63, 3.8) is 0 Å². The molecule has 2 aromatic carbocycles. The summed E-state index contributed by atoms with van der Waals surface area (Å²) in [5.41, 5.74) is 5.12. The van der Waals surface area contributed by atoms with Crippen LogP contribution >= 0.6 is 0 Å². The molecule has 2 aromatic rings. The van der Waals surface area contributed by atoms with Crippen molar-refractivity contribution in [2.45, 2.75) is 20.8 Å². The molecule has 2 rings (SSSR count). The van der Waals surface area contributed by atoms with Crippen LogP contribution in [-0.2, 0) is 4.79 Å². The number of nitrogens with one attached hydrogen (secondary N) is 1. The minimum Gasteiger partial charge on any atom is -0.507 e. The first-order chi connectivity index (χ1) is 12.3. The van der Waals surface area contributed by atoms with Gasteiger partial charge in [-0.15, -0.1) is 0 Å². The molecule has 26 heavy (non-hydrogen) atoms. The summed E-state index contributed by atoms with van der Waals surface area (Å²) in [5.74, 6) is -0.0252. The molecule has 0 aliphatic carbocycles. The molecule has 0 saturated carbocycles. The number of rotatable bonds is 6. The fourth-order valence-corrected chi connectivity index (χ4v) is 2.25. The van der Waals surface area contributed by atoms with Crippen LogP contribution in [0.25, 0.3) is 0 Å². The molecule has 0 spiro atoms. The van der Waals surface area contributed by atoms with Crippen LogP contribution in [0.5, 0.6) is 11.5 Å². The molecule has 1 amide bonds. The zero-order valence-electron chi connectivity index (χ0n) is 14.6. The Hall–Kier alpha value is -3.42. The maximum Gasteiger partial charge on any atom is 0.277 e. The summed E-state index contributed by atoms with van der Waals surface area (Å²) in [4.78, 5) is 22.0. The maximum absolute atomic E-state index is 11.9. The van der Waals surface area contributed by atoms with E-state index in [-0.39, 0.29) is 23.6 Å². The molecule has 0 aliphatic heterocycles. The molecule has 0 aromatic heterocycles. The van der Waals surface area contributed by atoms with Gasteiger partial charge in [0.2, 0.25) is 0 Å². The van der Waals surface area contributed by atoms with Crippen molar-refractivity contribution in [1.29, 1.82) is 0 Å². The van der Waals surface area contributed by atoms with Crippen molar-refractivity contribution in [2.24, 2.45) is 5.10 Å². The maximum atomic E-state index is 11.9. The second kappa shape index (κ2) is 8.11. The van der Waals surface area contributed by atoms with Gasteiger partial charge in [0, 0.05) is 17.7 Å². The molecule has 8 nitrogen and oxygen atoms in total.